The number of aromatic nitrogens is 1. The van der Waals surface area contributed by atoms with Crippen LogP contribution in [0.1, 0.15) is 65.8 Å². The molecule has 3 heterocycles. The van der Waals surface area contributed by atoms with Crippen molar-refractivity contribution in [3.8, 4) is 0 Å². The van der Waals surface area contributed by atoms with E-state index in [1.807, 2.05) is 19.1 Å². The summed E-state index contributed by atoms with van der Waals surface area (Å²) in [5.74, 6) is 0.475. The third-order valence-electron chi connectivity index (χ3n) is 6.54. The van der Waals surface area contributed by atoms with Crippen molar-refractivity contribution in [3.63, 3.8) is 0 Å². The SMILES string of the molecule is CCC(=O)c1ccc(Cn2c3c(c4ccccc42)CCN2C(=O)CCCC32)cc1. The van der Waals surface area contributed by atoms with Gasteiger partial charge >= 0.3 is 0 Å². The molecule has 0 saturated carbocycles. The summed E-state index contributed by atoms with van der Waals surface area (Å²) in [5.41, 5.74) is 5.93. The zero-order chi connectivity index (χ0) is 20.0. The number of para-hydroxylation sites is 1. The van der Waals surface area contributed by atoms with Crippen molar-refractivity contribution in [1.29, 1.82) is 0 Å². The summed E-state index contributed by atoms with van der Waals surface area (Å²) >= 11 is 0. The molecule has 4 nitrogen and oxygen atoms in total. The van der Waals surface area contributed by atoms with Crippen LogP contribution >= 0.6 is 0 Å². The molecule has 2 aromatic carbocycles. The summed E-state index contributed by atoms with van der Waals surface area (Å²) in [6.07, 6.45) is 4.14. The van der Waals surface area contributed by atoms with E-state index in [1.165, 1.54) is 27.7 Å². The zero-order valence-corrected chi connectivity index (χ0v) is 16.9. The molecule has 29 heavy (non-hydrogen) atoms. The van der Waals surface area contributed by atoms with E-state index in [2.05, 4.69) is 45.9 Å². The molecule has 0 bridgehead atoms. The number of fused-ring (bicyclic) bond motifs is 5. The molecule has 1 atom stereocenters. The predicted molar refractivity (Wildman–Crippen MR) is 114 cm³/mol. The first-order chi connectivity index (χ1) is 14.2. The first kappa shape index (κ1) is 18.2. The van der Waals surface area contributed by atoms with Crippen LogP contribution in [0.4, 0.5) is 0 Å². The van der Waals surface area contributed by atoms with Gasteiger partial charge in [-0.2, -0.15) is 0 Å². The van der Waals surface area contributed by atoms with Crippen molar-refractivity contribution >= 4 is 22.6 Å². The second-order valence-electron chi connectivity index (χ2n) is 8.19. The Morgan fingerprint density at radius 2 is 1.86 bits per heavy atom. The zero-order valence-electron chi connectivity index (χ0n) is 16.9. The van der Waals surface area contributed by atoms with Crippen molar-refractivity contribution in [2.75, 3.05) is 6.54 Å². The average molecular weight is 386 g/mol. The maximum atomic E-state index is 12.5. The van der Waals surface area contributed by atoms with Crippen molar-refractivity contribution in [2.45, 2.75) is 51.6 Å². The number of piperidine rings is 1. The number of hydrogen-bond acceptors (Lipinski definition) is 2. The molecule has 148 valence electrons. The van der Waals surface area contributed by atoms with Crippen LogP contribution in [0.3, 0.4) is 0 Å². The molecule has 4 heteroatoms. The molecule has 5 rings (SSSR count). The highest BCUT2D eigenvalue weighted by Gasteiger charge is 2.37. The van der Waals surface area contributed by atoms with Crippen LogP contribution in [0.2, 0.25) is 0 Å². The van der Waals surface area contributed by atoms with E-state index in [1.54, 1.807) is 0 Å². The minimum Gasteiger partial charge on any atom is -0.338 e. The van der Waals surface area contributed by atoms with E-state index in [0.717, 1.165) is 37.9 Å². The van der Waals surface area contributed by atoms with Crippen LogP contribution in [0, 0.1) is 0 Å². The van der Waals surface area contributed by atoms with Crippen LogP contribution in [0.25, 0.3) is 10.9 Å². The third kappa shape index (κ3) is 2.98. The second-order valence-corrected chi connectivity index (χ2v) is 8.19. The maximum absolute atomic E-state index is 12.5. The molecule has 3 aromatic rings. The average Bonchev–Trinajstić information content (AvgIpc) is 3.08. The lowest BCUT2D eigenvalue weighted by molar-refractivity contribution is -0.137. The van der Waals surface area contributed by atoms with E-state index < -0.39 is 0 Å². The van der Waals surface area contributed by atoms with Crippen LogP contribution in [0.15, 0.2) is 48.5 Å². The van der Waals surface area contributed by atoms with Crippen LogP contribution in [-0.2, 0) is 17.8 Å². The Balaban J connectivity index is 1.60. The second kappa shape index (κ2) is 7.18. The van der Waals surface area contributed by atoms with Gasteiger partial charge in [-0.1, -0.05) is 49.4 Å². The fourth-order valence-corrected chi connectivity index (χ4v) is 5.11. The molecule has 0 aliphatic carbocycles. The smallest absolute Gasteiger partial charge is 0.223 e. The predicted octanol–water partition coefficient (Wildman–Crippen LogP) is 4.89. The van der Waals surface area contributed by atoms with Crippen molar-refractivity contribution in [3.05, 3.63) is 70.9 Å². The number of Topliss-reactive ketones (excluding diaryl/α,β-unsaturated/α-hetero) is 1. The standard InChI is InChI=1S/C25H26N2O2/c1-2-23(28)18-12-10-17(11-13-18)16-27-21-7-4-3-6-19(21)20-14-15-26-22(25(20)27)8-5-9-24(26)29/h3-4,6-7,10-13,22H,2,5,8-9,14-16H2,1H3. The largest absolute Gasteiger partial charge is 0.338 e. The Morgan fingerprint density at radius 3 is 2.66 bits per heavy atom. The molecule has 0 N–H and O–H groups in total. The molecular weight excluding hydrogens is 360 g/mol. The van der Waals surface area contributed by atoms with Gasteiger partial charge in [0.2, 0.25) is 5.91 Å². The lowest BCUT2D eigenvalue weighted by atomic mass is 9.90. The molecule has 1 unspecified atom stereocenters. The Bertz CT molecular complexity index is 1090. The molecule has 2 aliphatic rings. The van der Waals surface area contributed by atoms with Crippen LogP contribution in [0.5, 0.6) is 0 Å². The molecule has 1 amide bonds. The highest BCUT2D eigenvalue weighted by atomic mass is 16.2. The summed E-state index contributed by atoms with van der Waals surface area (Å²) in [6, 6.07) is 16.8. The Kier molecular flexibility index (Phi) is 4.50. The summed E-state index contributed by atoms with van der Waals surface area (Å²) < 4.78 is 2.41. The van der Waals surface area contributed by atoms with Gasteiger partial charge in [0.25, 0.3) is 0 Å². The maximum Gasteiger partial charge on any atom is 0.223 e. The molecule has 1 saturated heterocycles. The van der Waals surface area contributed by atoms with Gasteiger partial charge in [0, 0.05) is 48.1 Å². The van der Waals surface area contributed by atoms with Crippen LogP contribution in [-0.4, -0.2) is 27.7 Å². The summed E-state index contributed by atoms with van der Waals surface area (Å²) in [5, 5.41) is 1.32. The van der Waals surface area contributed by atoms with Gasteiger partial charge in [0.1, 0.15) is 0 Å². The van der Waals surface area contributed by atoms with Gasteiger partial charge in [0.15, 0.2) is 5.78 Å². The highest BCUT2D eigenvalue weighted by Crippen LogP contribution is 2.42. The lowest BCUT2D eigenvalue weighted by Crippen LogP contribution is -2.43. The van der Waals surface area contributed by atoms with E-state index in [0.29, 0.717) is 18.7 Å². The number of carbonyl (C=O) groups excluding carboxylic acids is 2. The first-order valence-electron chi connectivity index (χ1n) is 10.7. The van der Waals surface area contributed by atoms with E-state index in [-0.39, 0.29) is 11.8 Å². The van der Waals surface area contributed by atoms with E-state index >= 15 is 0 Å². The Labute approximate surface area is 171 Å². The monoisotopic (exact) mass is 386 g/mol. The minimum atomic E-state index is 0.178. The molecule has 1 fully saturated rings. The molecular formula is C25H26N2O2. The summed E-state index contributed by atoms with van der Waals surface area (Å²) in [6.45, 7) is 3.49. The fraction of sp³-hybridized carbons (Fsp3) is 0.360. The molecule has 0 radical (unpaired) electrons. The van der Waals surface area contributed by atoms with Crippen molar-refractivity contribution < 1.29 is 9.59 Å². The van der Waals surface area contributed by atoms with Crippen molar-refractivity contribution in [1.82, 2.24) is 9.47 Å². The number of benzene rings is 2. The topological polar surface area (TPSA) is 42.3 Å². The van der Waals surface area contributed by atoms with Gasteiger partial charge in [-0.05, 0) is 36.5 Å². The highest BCUT2D eigenvalue weighted by molar-refractivity contribution is 5.95. The molecule has 0 spiro atoms. The number of rotatable bonds is 4. The van der Waals surface area contributed by atoms with E-state index in [9.17, 15) is 9.59 Å². The number of ketones is 1. The molecule has 2 aliphatic heterocycles. The minimum absolute atomic E-state index is 0.178. The number of hydrogen-bond donors (Lipinski definition) is 0. The summed E-state index contributed by atoms with van der Waals surface area (Å²) in [7, 11) is 0. The first-order valence-corrected chi connectivity index (χ1v) is 10.7. The fourth-order valence-electron chi connectivity index (χ4n) is 5.11. The third-order valence-corrected chi connectivity index (χ3v) is 6.54. The quantitative estimate of drug-likeness (QED) is 0.599. The number of nitrogens with zero attached hydrogens (tertiary/aromatic N) is 2. The number of carbonyl (C=O) groups is 2. The van der Waals surface area contributed by atoms with Gasteiger partial charge in [-0.3, -0.25) is 9.59 Å². The van der Waals surface area contributed by atoms with Gasteiger partial charge in [0.05, 0.1) is 6.04 Å². The van der Waals surface area contributed by atoms with Crippen molar-refractivity contribution in [2.24, 2.45) is 0 Å². The number of amides is 1. The summed E-state index contributed by atoms with van der Waals surface area (Å²) in [4.78, 5) is 26.6. The van der Waals surface area contributed by atoms with Crippen LogP contribution < -0.4 is 0 Å². The normalized spacial score (nSPS) is 18.6. The molecule has 1 aromatic heterocycles. The Morgan fingerprint density at radius 1 is 1.07 bits per heavy atom. The Hall–Kier alpha value is -2.88. The van der Waals surface area contributed by atoms with Gasteiger partial charge in [-0.15, -0.1) is 0 Å². The van der Waals surface area contributed by atoms with Gasteiger partial charge < -0.3 is 9.47 Å². The van der Waals surface area contributed by atoms with Gasteiger partial charge in [-0.25, -0.2) is 0 Å². The lowest BCUT2D eigenvalue weighted by Gasteiger charge is -2.40. The van der Waals surface area contributed by atoms with E-state index in [4.69, 9.17) is 0 Å².